The molecule has 1 saturated heterocycles. The molecule has 0 aromatic carbocycles. The first-order valence-electron chi connectivity index (χ1n) is 5.31. The van der Waals surface area contributed by atoms with Gasteiger partial charge in [0.25, 0.3) is 0 Å². The Bertz CT molecular complexity index is 193. The molecule has 0 radical (unpaired) electrons. The van der Waals surface area contributed by atoms with E-state index < -0.39 is 0 Å². The van der Waals surface area contributed by atoms with Gasteiger partial charge in [0.15, 0.2) is 0 Å². The third-order valence-electron chi connectivity index (χ3n) is 2.54. The maximum atomic E-state index is 11.2. The van der Waals surface area contributed by atoms with E-state index in [0.717, 1.165) is 26.3 Å². The molecule has 0 aromatic heterocycles. The zero-order valence-corrected chi connectivity index (χ0v) is 9.49. The lowest BCUT2D eigenvalue weighted by molar-refractivity contribution is -0.125. The normalized spacial score (nSPS) is 19.9. The van der Waals surface area contributed by atoms with Crippen LogP contribution in [0.25, 0.3) is 0 Å². The predicted molar refractivity (Wildman–Crippen MR) is 56.7 cm³/mol. The summed E-state index contributed by atoms with van der Waals surface area (Å²) in [5.41, 5.74) is 0. The van der Waals surface area contributed by atoms with Gasteiger partial charge >= 0.3 is 0 Å². The molecule has 1 amide bonds. The number of amides is 1. The zero-order valence-electron chi connectivity index (χ0n) is 9.49. The second-order valence-electron chi connectivity index (χ2n) is 3.73. The lowest BCUT2D eigenvalue weighted by Gasteiger charge is -2.32. The molecule has 1 rings (SSSR count). The van der Waals surface area contributed by atoms with Crippen LogP contribution in [0.15, 0.2) is 0 Å². The fraction of sp³-hybridized carbons (Fsp3) is 0.900. The molecule has 5 heteroatoms. The van der Waals surface area contributed by atoms with Gasteiger partial charge < -0.3 is 14.8 Å². The van der Waals surface area contributed by atoms with Gasteiger partial charge in [0.1, 0.15) is 6.61 Å². The van der Waals surface area contributed by atoms with Crippen molar-refractivity contribution in [2.75, 3.05) is 46.6 Å². The Labute approximate surface area is 90.7 Å². The lowest BCUT2D eigenvalue weighted by atomic mass is 10.2. The van der Waals surface area contributed by atoms with Crippen LogP contribution in [0.4, 0.5) is 0 Å². The van der Waals surface area contributed by atoms with Crippen molar-refractivity contribution in [1.29, 1.82) is 0 Å². The van der Waals surface area contributed by atoms with E-state index in [1.54, 1.807) is 0 Å². The van der Waals surface area contributed by atoms with Crippen LogP contribution in [0.3, 0.4) is 0 Å². The number of nitrogens with zero attached hydrogens (tertiary/aromatic N) is 1. The van der Waals surface area contributed by atoms with Crippen molar-refractivity contribution in [3.05, 3.63) is 0 Å². The minimum Gasteiger partial charge on any atom is -0.379 e. The molecule has 0 saturated carbocycles. The number of carbonyl (C=O) groups is 1. The van der Waals surface area contributed by atoms with Crippen LogP contribution >= 0.6 is 0 Å². The lowest BCUT2D eigenvalue weighted by Crippen LogP contribution is -2.47. The molecule has 5 nitrogen and oxygen atoms in total. The minimum absolute atomic E-state index is 0.0578. The van der Waals surface area contributed by atoms with Crippen LogP contribution in [0.2, 0.25) is 0 Å². The number of carbonyl (C=O) groups excluding carboxylic acids is 1. The van der Waals surface area contributed by atoms with Crippen molar-refractivity contribution in [1.82, 2.24) is 10.2 Å². The molecule has 0 spiro atoms. The number of hydrogen-bond donors (Lipinski definition) is 1. The Morgan fingerprint density at radius 3 is 2.80 bits per heavy atom. The summed E-state index contributed by atoms with van der Waals surface area (Å²) in [5, 5.41) is 2.83. The van der Waals surface area contributed by atoms with E-state index in [1.807, 2.05) is 0 Å². The maximum Gasteiger partial charge on any atom is 0.246 e. The Balaban J connectivity index is 2.16. The largest absolute Gasteiger partial charge is 0.379 e. The Kier molecular flexibility index (Phi) is 5.60. The van der Waals surface area contributed by atoms with Crippen molar-refractivity contribution < 1.29 is 14.3 Å². The smallest absolute Gasteiger partial charge is 0.246 e. The van der Waals surface area contributed by atoms with E-state index in [1.165, 1.54) is 7.11 Å². The first-order chi connectivity index (χ1) is 7.24. The Morgan fingerprint density at radius 1 is 1.53 bits per heavy atom. The van der Waals surface area contributed by atoms with Crippen LogP contribution < -0.4 is 5.32 Å². The van der Waals surface area contributed by atoms with Crippen molar-refractivity contribution in [3.8, 4) is 0 Å². The molecule has 1 atom stereocenters. The van der Waals surface area contributed by atoms with E-state index in [0.29, 0.717) is 12.6 Å². The third kappa shape index (κ3) is 4.59. The molecule has 0 unspecified atom stereocenters. The van der Waals surface area contributed by atoms with Gasteiger partial charge in [-0.3, -0.25) is 9.69 Å². The van der Waals surface area contributed by atoms with Crippen molar-refractivity contribution >= 4 is 5.91 Å². The summed E-state index contributed by atoms with van der Waals surface area (Å²) in [6.07, 6.45) is 0. The standard InChI is InChI=1S/C10H20N2O3/c1-9(7-11-10(13)8-14-2)12-3-5-15-6-4-12/h9H,3-8H2,1-2H3,(H,11,13)/t9-/m0/s1. The first-order valence-corrected chi connectivity index (χ1v) is 5.31. The van der Waals surface area contributed by atoms with Crippen LogP contribution in [0.5, 0.6) is 0 Å². The monoisotopic (exact) mass is 216 g/mol. The Hall–Kier alpha value is -0.650. The highest BCUT2D eigenvalue weighted by atomic mass is 16.5. The van der Waals surface area contributed by atoms with E-state index in [4.69, 9.17) is 9.47 Å². The van der Waals surface area contributed by atoms with Gasteiger partial charge in [0.05, 0.1) is 13.2 Å². The van der Waals surface area contributed by atoms with Crippen LogP contribution in [-0.2, 0) is 14.3 Å². The molecule has 1 aliphatic heterocycles. The summed E-state index contributed by atoms with van der Waals surface area (Å²) in [4.78, 5) is 13.5. The molecular weight excluding hydrogens is 196 g/mol. The van der Waals surface area contributed by atoms with Gasteiger partial charge in [-0.25, -0.2) is 0 Å². The van der Waals surface area contributed by atoms with Gasteiger partial charge in [-0.05, 0) is 6.92 Å². The topological polar surface area (TPSA) is 50.8 Å². The van der Waals surface area contributed by atoms with Gasteiger partial charge in [-0.1, -0.05) is 0 Å². The quantitative estimate of drug-likeness (QED) is 0.671. The molecule has 1 fully saturated rings. The number of methoxy groups -OCH3 is 1. The molecule has 0 aromatic rings. The van der Waals surface area contributed by atoms with E-state index in [-0.39, 0.29) is 12.5 Å². The molecule has 1 heterocycles. The molecule has 1 N–H and O–H groups in total. The average molecular weight is 216 g/mol. The highest BCUT2D eigenvalue weighted by Gasteiger charge is 2.17. The number of ether oxygens (including phenoxy) is 2. The van der Waals surface area contributed by atoms with Crippen molar-refractivity contribution in [3.63, 3.8) is 0 Å². The zero-order chi connectivity index (χ0) is 11.1. The number of rotatable bonds is 5. The number of nitrogens with one attached hydrogen (secondary N) is 1. The van der Waals surface area contributed by atoms with Gasteiger partial charge in [-0.2, -0.15) is 0 Å². The van der Waals surface area contributed by atoms with Crippen LogP contribution in [-0.4, -0.2) is 63.4 Å². The second kappa shape index (κ2) is 6.76. The molecule has 0 aliphatic carbocycles. The highest BCUT2D eigenvalue weighted by Crippen LogP contribution is 2.02. The predicted octanol–water partition coefficient (Wildman–Crippen LogP) is -0.530. The van der Waals surface area contributed by atoms with Gasteiger partial charge in [0, 0.05) is 32.8 Å². The average Bonchev–Trinajstić information content (AvgIpc) is 2.27. The highest BCUT2D eigenvalue weighted by molar-refractivity contribution is 5.77. The van der Waals surface area contributed by atoms with Gasteiger partial charge in [0.2, 0.25) is 5.91 Å². The summed E-state index contributed by atoms with van der Waals surface area (Å²) >= 11 is 0. The molecule has 0 bridgehead atoms. The summed E-state index contributed by atoms with van der Waals surface area (Å²) in [6.45, 7) is 6.38. The summed E-state index contributed by atoms with van der Waals surface area (Å²) in [7, 11) is 1.52. The van der Waals surface area contributed by atoms with Crippen LogP contribution in [0, 0.1) is 0 Å². The third-order valence-corrected chi connectivity index (χ3v) is 2.54. The maximum absolute atomic E-state index is 11.2. The summed E-state index contributed by atoms with van der Waals surface area (Å²) in [5.74, 6) is -0.0578. The van der Waals surface area contributed by atoms with Crippen molar-refractivity contribution in [2.45, 2.75) is 13.0 Å². The Morgan fingerprint density at radius 2 is 2.20 bits per heavy atom. The minimum atomic E-state index is -0.0578. The molecule has 88 valence electrons. The van der Waals surface area contributed by atoms with Crippen LogP contribution in [0.1, 0.15) is 6.92 Å². The number of morpholine rings is 1. The van der Waals surface area contributed by atoms with E-state index in [2.05, 4.69) is 17.1 Å². The fourth-order valence-corrected chi connectivity index (χ4v) is 1.59. The van der Waals surface area contributed by atoms with E-state index >= 15 is 0 Å². The molecular formula is C10H20N2O3. The van der Waals surface area contributed by atoms with Gasteiger partial charge in [-0.15, -0.1) is 0 Å². The summed E-state index contributed by atoms with van der Waals surface area (Å²) in [6, 6.07) is 0.356. The molecule has 15 heavy (non-hydrogen) atoms. The SMILES string of the molecule is COCC(=O)NC[C@H](C)N1CCOCC1. The van der Waals surface area contributed by atoms with Crippen molar-refractivity contribution in [2.24, 2.45) is 0 Å². The second-order valence-corrected chi connectivity index (χ2v) is 3.73. The molecule has 1 aliphatic rings. The first kappa shape index (κ1) is 12.4. The summed E-state index contributed by atoms with van der Waals surface area (Å²) < 4.78 is 10.0. The fourth-order valence-electron chi connectivity index (χ4n) is 1.59. The van der Waals surface area contributed by atoms with E-state index in [9.17, 15) is 4.79 Å². The number of hydrogen-bond acceptors (Lipinski definition) is 4.